The standard InChI is InChI=1S/C13H15Cl2NO3/c14-10-3-2-9(6-11(10)15)13(4-1-5-17)8-16-12(18)7-19-13/h2-3,6,17H,1,4-5,7-8H2,(H,16,18). The monoisotopic (exact) mass is 303 g/mol. The molecule has 0 aromatic heterocycles. The van der Waals surface area contributed by atoms with E-state index >= 15 is 0 Å². The van der Waals surface area contributed by atoms with Crippen LogP contribution in [0.2, 0.25) is 10.0 Å². The molecular formula is C13H15Cl2NO3. The predicted molar refractivity (Wildman–Crippen MR) is 73.4 cm³/mol. The highest BCUT2D eigenvalue weighted by Crippen LogP contribution is 2.35. The molecule has 1 aromatic rings. The molecule has 0 spiro atoms. The third-order valence-corrected chi connectivity index (χ3v) is 3.97. The number of aliphatic hydroxyl groups excluding tert-OH is 1. The van der Waals surface area contributed by atoms with Crippen LogP contribution in [-0.2, 0) is 15.1 Å². The van der Waals surface area contributed by atoms with Gasteiger partial charge in [-0.3, -0.25) is 4.79 Å². The summed E-state index contributed by atoms with van der Waals surface area (Å²) in [7, 11) is 0. The molecule has 1 aromatic carbocycles. The van der Waals surface area contributed by atoms with Gasteiger partial charge in [0.1, 0.15) is 12.2 Å². The summed E-state index contributed by atoms with van der Waals surface area (Å²) in [4.78, 5) is 11.2. The van der Waals surface area contributed by atoms with Crippen LogP contribution in [0.3, 0.4) is 0 Å². The van der Waals surface area contributed by atoms with Crippen molar-refractivity contribution in [3.63, 3.8) is 0 Å². The van der Waals surface area contributed by atoms with Crippen LogP contribution in [0.4, 0.5) is 0 Å². The minimum atomic E-state index is -0.648. The van der Waals surface area contributed by atoms with Gasteiger partial charge >= 0.3 is 0 Å². The summed E-state index contributed by atoms with van der Waals surface area (Å²) in [6.45, 7) is 0.440. The molecule has 4 nitrogen and oxygen atoms in total. The average molecular weight is 304 g/mol. The van der Waals surface area contributed by atoms with Crippen molar-refractivity contribution in [2.75, 3.05) is 19.8 Å². The Morgan fingerprint density at radius 1 is 1.37 bits per heavy atom. The molecule has 1 aliphatic heterocycles. The lowest BCUT2D eigenvalue weighted by molar-refractivity contribution is -0.146. The van der Waals surface area contributed by atoms with Crippen molar-refractivity contribution in [3.05, 3.63) is 33.8 Å². The molecule has 1 aliphatic rings. The van der Waals surface area contributed by atoms with Gasteiger partial charge < -0.3 is 15.2 Å². The van der Waals surface area contributed by atoms with E-state index in [4.69, 9.17) is 33.0 Å². The summed E-state index contributed by atoms with van der Waals surface area (Å²) in [5.41, 5.74) is 0.209. The number of ether oxygens (including phenoxy) is 1. The van der Waals surface area contributed by atoms with Crippen LogP contribution in [-0.4, -0.2) is 30.8 Å². The van der Waals surface area contributed by atoms with Crippen LogP contribution in [0, 0.1) is 0 Å². The van der Waals surface area contributed by atoms with Gasteiger partial charge in [0, 0.05) is 6.61 Å². The zero-order chi connectivity index (χ0) is 13.9. The molecule has 0 saturated carbocycles. The highest BCUT2D eigenvalue weighted by atomic mass is 35.5. The number of carbonyl (C=O) groups excluding carboxylic acids is 1. The van der Waals surface area contributed by atoms with E-state index in [-0.39, 0.29) is 19.1 Å². The van der Waals surface area contributed by atoms with Crippen LogP contribution in [0.15, 0.2) is 18.2 Å². The normalized spacial score (nSPS) is 23.2. The number of hydrogen-bond donors (Lipinski definition) is 2. The molecular weight excluding hydrogens is 289 g/mol. The quantitative estimate of drug-likeness (QED) is 0.895. The van der Waals surface area contributed by atoms with Crippen LogP contribution in [0.5, 0.6) is 0 Å². The third-order valence-electron chi connectivity index (χ3n) is 3.24. The molecule has 2 N–H and O–H groups in total. The fourth-order valence-electron chi connectivity index (χ4n) is 2.18. The first kappa shape index (κ1) is 14.6. The summed E-state index contributed by atoms with van der Waals surface area (Å²) < 4.78 is 5.74. The number of amides is 1. The molecule has 2 rings (SSSR count). The largest absolute Gasteiger partial charge is 0.396 e. The number of carbonyl (C=O) groups is 1. The summed E-state index contributed by atoms with van der Waals surface area (Å²) in [6, 6.07) is 5.29. The Morgan fingerprint density at radius 2 is 2.16 bits per heavy atom. The number of aliphatic hydroxyl groups is 1. The smallest absolute Gasteiger partial charge is 0.246 e. The number of morpholine rings is 1. The lowest BCUT2D eigenvalue weighted by atomic mass is 9.87. The number of benzene rings is 1. The zero-order valence-electron chi connectivity index (χ0n) is 10.3. The second kappa shape index (κ2) is 6.09. The van der Waals surface area contributed by atoms with Gasteiger partial charge in [-0.1, -0.05) is 29.3 Å². The SMILES string of the molecule is O=C1COC(CCCO)(c2ccc(Cl)c(Cl)c2)CN1. The van der Waals surface area contributed by atoms with Crippen molar-refractivity contribution in [1.82, 2.24) is 5.32 Å². The maximum Gasteiger partial charge on any atom is 0.246 e. The van der Waals surface area contributed by atoms with Crippen molar-refractivity contribution in [1.29, 1.82) is 0 Å². The van der Waals surface area contributed by atoms with Gasteiger partial charge in [0.2, 0.25) is 5.91 Å². The molecule has 6 heteroatoms. The minimum Gasteiger partial charge on any atom is -0.396 e. The van der Waals surface area contributed by atoms with E-state index in [2.05, 4.69) is 5.32 Å². The van der Waals surface area contributed by atoms with Gasteiger partial charge in [-0.2, -0.15) is 0 Å². The van der Waals surface area contributed by atoms with Crippen LogP contribution in [0.1, 0.15) is 18.4 Å². The second-order valence-electron chi connectivity index (χ2n) is 4.52. The van der Waals surface area contributed by atoms with E-state index in [1.807, 2.05) is 6.07 Å². The van der Waals surface area contributed by atoms with Gasteiger partial charge in [0.25, 0.3) is 0 Å². The molecule has 0 bridgehead atoms. The number of nitrogens with one attached hydrogen (secondary N) is 1. The van der Waals surface area contributed by atoms with Crippen LogP contribution < -0.4 is 5.32 Å². The first-order chi connectivity index (χ1) is 9.07. The van der Waals surface area contributed by atoms with Crippen molar-refractivity contribution in [2.45, 2.75) is 18.4 Å². The minimum absolute atomic E-state index is 0.00563. The molecule has 1 heterocycles. The van der Waals surface area contributed by atoms with E-state index in [0.29, 0.717) is 29.4 Å². The Hall–Kier alpha value is -0.810. The van der Waals surface area contributed by atoms with Crippen molar-refractivity contribution < 1.29 is 14.6 Å². The topological polar surface area (TPSA) is 58.6 Å². The van der Waals surface area contributed by atoms with Gasteiger partial charge in [-0.05, 0) is 30.5 Å². The maximum absolute atomic E-state index is 11.2. The highest BCUT2D eigenvalue weighted by Gasteiger charge is 2.37. The Kier molecular flexibility index (Phi) is 4.68. The van der Waals surface area contributed by atoms with Crippen molar-refractivity contribution in [2.24, 2.45) is 0 Å². The summed E-state index contributed by atoms with van der Waals surface area (Å²) in [5.74, 6) is -0.139. The lowest BCUT2D eigenvalue weighted by Gasteiger charge is -2.38. The van der Waals surface area contributed by atoms with Crippen LogP contribution >= 0.6 is 23.2 Å². The van der Waals surface area contributed by atoms with Crippen molar-refractivity contribution in [3.8, 4) is 0 Å². The molecule has 0 radical (unpaired) electrons. The third kappa shape index (κ3) is 3.20. The molecule has 1 amide bonds. The summed E-state index contributed by atoms with van der Waals surface area (Å²) in [5, 5.41) is 12.7. The summed E-state index contributed by atoms with van der Waals surface area (Å²) in [6.07, 6.45) is 1.18. The Labute approximate surface area is 121 Å². The number of rotatable bonds is 4. The Morgan fingerprint density at radius 3 is 2.74 bits per heavy atom. The molecule has 1 atom stereocenters. The first-order valence-corrected chi connectivity index (χ1v) is 6.80. The Bertz CT molecular complexity index is 469. The molecule has 1 fully saturated rings. The lowest BCUT2D eigenvalue weighted by Crippen LogP contribution is -2.50. The zero-order valence-corrected chi connectivity index (χ0v) is 11.8. The van der Waals surface area contributed by atoms with E-state index in [1.165, 1.54) is 0 Å². The first-order valence-electron chi connectivity index (χ1n) is 6.04. The molecule has 1 saturated heterocycles. The van der Waals surface area contributed by atoms with Gasteiger partial charge in [-0.25, -0.2) is 0 Å². The highest BCUT2D eigenvalue weighted by molar-refractivity contribution is 6.42. The van der Waals surface area contributed by atoms with E-state index < -0.39 is 5.60 Å². The molecule has 104 valence electrons. The average Bonchev–Trinajstić information content (AvgIpc) is 2.42. The fourth-order valence-corrected chi connectivity index (χ4v) is 2.48. The molecule has 19 heavy (non-hydrogen) atoms. The van der Waals surface area contributed by atoms with Gasteiger partial charge in [-0.15, -0.1) is 0 Å². The maximum atomic E-state index is 11.2. The molecule has 1 unspecified atom stereocenters. The molecule has 0 aliphatic carbocycles. The van der Waals surface area contributed by atoms with E-state index in [1.54, 1.807) is 12.1 Å². The van der Waals surface area contributed by atoms with E-state index in [0.717, 1.165) is 5.56 Å². The van der Waals surface area contributed by atoms with Gasteiger partial charge in [0.15, 0.2) is 0 Å². The predicted octanol–water partition coefficient (Wildman–Crippen LogP) is 2.11. The number of halogens is 2. The van der Waals surface area contributed by atoms with Gasteiger partial charge in [0.05, 0.1) is 16.6 Å². The second-order valence-corrected chi connectivity index (χ2v) is 5.33. The number of hydrogen-bond acceptors (Lipinski definition) is 3. The summed E-state index contributed by atoms with van der Waals surface area (Å²) >= 11 is 11.9. The Balaban J connectivity index is 2.30. The van der Waals surface area contributed by atoms with Crippen molar-refractivity contribution >= 4 is 29.1 Å². The van der Waals surface area contributed by atoms with E-state index in [9.17, 15) is 4.79 Å². The van der Waals surface area contributed by atoms with Crippen LogP contribution in [0.25, 0.3) is 0 Å². The fraction of sp³-hybridized carbons (Fsp3) is 0.462.